The van der Waals surface area contributed by atoms with Crippen molar-refractivity contribution in [3.05, 3.63) is 107 Å². The van der Waals surface area contributed by atoms with Gasteiger partial charge in [-0.25, -0.2) is 9.96 Å². The van der Waals surface area contributed by atoms with Gasteiger partial charge in [0.05, 0.1) is 17.4 Å². The normalized spacial score (nSPS) is 22.3. The Balaban J connectivity index is 1.46. The Morgan fingerprint density at radius 3 is 2.21 bits per heavy atom. The molecule has 2 amide bonds. The maximum atomic E-state index is 13.9. The lowest BCUT2D eigenvalue weighted by atomic mass is 9.90. The molecule has 0 saturated carbocycles. The van der Waals surface area contributed by atoms with E-state index in [0.717, 1.165) is 26.5 Å². The minimum Gasteiger partial charge on any atom is -0.273 e. The fourth-order valence-electron chi connectivity index (χ4n) is 4.85. The largest absolute Gasteiger partial charge is 0.273 e. The molecule has 6 heteroatoms. The van der Waals surface area contributed by atoms with Gasteiger partial charge in [0.15, 0.2) is 6.10 Å². The zero-order valence-electron chi connectivity index (χ0n) is 17.5. The van der Waals surface area contributed by atoms with E-state index in [0.29, 0.717) is 5.69 Å². The summed E-state index contributed by atoms with van der Waals surface area (Å²) in [5.41, 5.74) is 2.31. The zero-order valence-corrected chi connectivity index (χ0v) is 19.1. The topological polar surface area (TPSA) is 49.9 Å². The number of hydrogen-bond donors (Lipinski definition) is 0. The second-order valence-corrected chi connectivity index (χ2v) is 9.14. The molecule has 162 valence electrons. The van der Waals surface area contributed by atoms with Gasteiger partial charge in [-0.15, -0.1) is 0 Å². The molecule has 3 unspecified atom stereocenters. The smallest absolute Gasteiger partial charge is 0.266 e. The van der Waals surface area contributed by atoms with Crippen molar-refractivity contribution in [1.82, 2.24) is 0 Å². The summed E-state index contributed by atoms with van der Waals surface area (Å²) in [5.74, 6) is -1.23. The molecular formula is C27H19BrN2O3. The first kappa shape index (κ1) is 20.1. The molecule has 6 rings (SSSR count). The number of hydroxylamine groups is 1. The van der Waals surface area contributed by atoms with Gasteiger partial charge in [0.1, 0.15) is 5.92 Å². The molecule has 2 aliphatic heterocycles. The monoisotopic (exact) mass is 498 g/mol. The molecule has 0 N–H and O–H groups in total. The van der Waals surface area contributed by atoms with E-state index < -0.39 is 18.1 Å². The average molecular weight is 499 g/mol. The first-order valence-electron chi connectivity index (χ1n) is 10.8. The quantitative estimate of drug-likeness (QED) is 0.342. The molecule has 0 aliphatic carbocycles. The molecule has 3 atom stereocenters. The van der Waals surface area contributed by atoms with Crippen LogP contribution in [0.1, 0.15) is 11.6 Å². The Morgan fingerprint density at radius 2 is 1.42 bits per heavy atom. The SMILES string of the molecule is O=C1C2ON(c3ccccc3)C(c3ccc(Br)cc3)C2C(=O)N1c1cccc2ccccc12. The maximum absolute atomic E-state index is 13.9. The van der Waals surface area contributed by atoms with Gasteiger partial charge < -0.3 is 0 Å². The summed E-state index contributed by atoms with van der Waals surface area (Å²) in [6, 6.07) is 30.4. The summed E-state index contributed by atoms with van der Waals surface area (Å²) in [5, 5.41) is 3.56. The lowest BCUT2D eigenvalue weighted by molar-refractivity contribution is -0.126. The van der Waals surface area contributed by atoms with Crippen molar-refractivity contribution in [2.45, 2.75) is 12.1 Å². The van der Waals surface area contributed by atoms with Crippen LogP contribution in [-0.4, -0.2) is 17.9 Å². The molecule has 4 aromatic rings. The number of para-hydroxylation sites is 1. The Labute approximate surface area is 199 Å². The van der Waals surface area contributed by atoms with Crippen LogP contribution in [0.15, 0.2) is 102 Å². The minimum atomic E-state index is -0.884. The Bertz CT molecular complexity index is 1370. The molecule has 5 nitrogen and oxygen atoms in total. The van der Waals surface area contributed by atoms with Crippen molar-refractivity contribution < 1.29 is 14.4 Å². The highest BCUT2D eigenvalue weighted by Crippen LogP contribution is 2.48. The molecule has 2 heterocycles. The van der Waals surface area contributed by atoms with E-state index in [1.54, 1.807) is 5.06 Å². The number of nitrogens with zero attached hydrogens (tertiary/aromatic N) is 2. The number of carbonyl (C=O) groups excluding carboxylic acids is 2. The standard InChI is InChI=1S/C27H19BrN2O3/c28-19-15-13-18(14-16-19)24-23-25(33-30(24)20-9-2-1-3-10-20)27(32)29(26(23)31)22-12-6-8-17-7-4-5-11-21(17)22/h1-16,23-25H. The fourth-order valence-corrected chi connectivity index (χ4v) is 5.12. The van der Waals surface area contributed by atoms with Gasteiger partial charge in [0.2, 0.25) is 5.91 Å². The van der Waals surface area contributed by atoms with Crippen LogP contribution in [-0.2, 0) is 14.4 Å². The summed E-state index contributed by atoms with van der Waals surface area (Å²) in [6.45, 7) is 0. The molecule has 0 bridgehead atoms. The van der Waals surface area contributed by atoms with Gasteiger partial charge in [-0.2, -0.15) is 0 Å². The lowest BCUT2D eigenvalue weighted by Crippen LogP contribution is -2.37. The van der Waals surface area contributed by atoms with Crippen molar-refractivity contribution in [3.8, 4) is 0 Å². The fraction of sp³-hybridized carbons (Fsp3) is 0.111. The lowest BCUT2D eigenvalue weighted by Gasteiger charge is -2.29. The zero-order chi connectivity index (χ0) is 22.5. The van der Waals surface area contributed by atoms with Crippen LogP contribution in [0, 0.1) is 5.92 Å². The predicted molar refractivity (Wildman–Crippen MR) is 131 cm³/mol. The number of amides is 2. The minimum absolute atomic E-state index is 0.243. The van der Waals surface area contributed by atoms with E-state index in [9.17, 15) is 9.59 Å². The van der Waals surface area contributed by atoms with Gasteiger partial charge in [-0.3, -0.25) is 14.4 Å². The first-order chi connectivity index (χ1) is 16.1. The van der Waals surface area contributed by atoms with Gasteiger partial charge in [0, 0.05) is 9.86 Å². The second kappa shape index (κ2) is 7.83. The van der Waals surface area contributed by atoms with Crippen LogP contribution >= 0.6 is 15.9 Å². The molecule has 2 aliphatic rings. The Hall–Kier alpha value is -3.48. The molecule has 0 spiro atoms. The molecule has 2 saturated heterocycles. The number of imide groups is 1. The van der Waals surface area contributed by atoms with Crippen molar-refractivity contribution in [2.75, 3.05) is 9.96 Å². The van der Waals surface area contributed by atoms with E-state index in [1.807, 2.05) is 97.1 Å². The van der Waals surface area contributed by atoms with E-state index >= 15 is 0 Å². The van der Waals surface area contributed by atoms with E-state index in [4.69, 9.17) is 4.84 Å². The number of halogens is 1. The highest BCUT2D eigenvalue weighted by Gasteiger charge is 2.60. The third-order valence-corrected chi connectivity index (χ3v) is 6.87. The Morgan fingerprint density at radius 1 is 0.727 bits per heavy atom. The third kappa shape index (κ3) is 3.17. The van der Waals surface area contributed by atoms with Crippen LogP contribution < -0.4 is 9.96 Å². The van der Waals surface area contributed by atoms with Gasteiger partial charge in [0.25, 0.3) is 5.91 Å². The summed E-state index contributed by atoms with van der Waals surface area (Å²) in [4.78, 5) is 35.0. The molecule has 4 aromatic carbocycles. The van der Waals surface area contributed by atoms with Crippen LogP contribution in [0.4, 0.5) is 11.4 Å². The number of benzene rings is 4. The Kier molecular flexibility index (Phi) is 4.78. The first-order valence-corrected chi connectivity index (χ1v) is 11.5. The van der Waals surface area contributed by atoms with Gasteiger partial charge >= 0.3 is 0 Å². The third-order valence-electron chi connectivity index (χ3n) is 6.35. The molecule has 0 aromatic heterocycles. The second-order valence-electron chi connectivity index (χ2n) is 8.22. The maximum Gasteiger partial charge on any atom is 0.266 e. The van der Waals surface area contributed by atoms with Crippen molar-refractivity contribution in [3.63, 3.8) is 0 Å². The summed E-state index contributed by atoms with van der Waals surface area (Å²) >= 11 is 3.48. The average Bonchev–Trinajstić information content (AvgIpc) is 3.36. The number of hydrogen-bond acceptors (Lipinski definition) is 4. The molecule has 2 fully saturated rings. The molecule has 33 heavy (non-hydrogen) atoms. The number of rotatable bonds is 3. The van der Waals surface area contributed by atoms with Gasteiger partial charge in [-0.1, -0.05) is 82.7 Å². The molecule has 0 radical (unpaired) electrons. The summed E-state index contributed by atoms with van der Waals surface area (Å²) in [7, 11) is 0. The van der Waals surface area contributed by atoms with Crippen molar-refractivity contribution in [2.24, 2.45) is 5.92 Å². The van der Waals surface area contributed by atoms with Crippen LogP contribution in [0.25, 0.3) is 10.8 Å². The van der Waals surface area contributed by atoms with Crippen LogP contribution in [0.3, 0.4) is 0 Å². The summed E-state index contributed by atoms with van der Waals surface area (Å²) < 4.78 is 0.944. The van der Waals surface area contributed by atoms with E-state index in [1.165, 1.54) is 4.90 Å². The number of carbonyl (C=O) groups is 2. The van der Waals surface area contributed by atoms with Crippen LogP contribution in [0.2, 0.25) is 0 Å². The van der Waals surface area contributed by atoms with Gasteiger partial charge in [-0.05, 0) is 41.3 Å². The van der Waals surface area contributed by atoms with E-state index in [-0.39, 0.29) is 11.8 Å². The summed E-state index contributed by atoms with van der Waals surface area (Å²) in [6.07, 6.45) is -0.884. The van der Waals surface area contributed by atoms with E-state index in [2.05, 4.69) is 15.9 Å². The predicted octanol–water partition coefficient (Wildman–Crippen LogP) is 5.65. The number of fused-ring (bicyclic) bond motifs is 2. The van der Waals surface area contributed by atoms with Crippen LogP contribution in [0.5, 0.6) is 0 Å². The molecular weight excluding hydrogens is 480 g/mol. The highest BCUT2D eigenvalue weighted by molar-refractivity contribution is 9.10. The van der Waals surface area contributed by atoms with Crippen molar-refractivity contribution in [1.29, 1.82) is 0 Å². The van der Waals surface area contributed by atoms with Crippen molar-refractivity contribution >= 4 is 49.9 Å². The number of anilines is 2. The highest BCUT2D eigenvalue weighted by atomic mass is 79.9.